The standard InChI is InChI=1S/C16H28N4O/c1-16(2,20(4)5)12-19-15(17-3)18-11-13-8-7-9-14(10-13)21-6/h7-10H,11-12H2,1-6H3,(H2,17,18,19). The largest absolute Gasteiger partial charge is 0.497 e. The van der Waals surface area contributed by atoms with Crippen molar-refractivity contribution in [3.8, 4) is 5.75 Å². The van der Waals surface area contributed by atoms with Crippen LogP contribution in [0.1, 0.15) is 19.4 Å². The summed E-state index contributed by atoms with van der Waals surface area (Å²) in [6.07, 6.45) is 0. The molecule has 5 nitrogen and oxygen atoms in total. The summed E-state index contributed by atoms with van der Waals surface area (Å²) in [5, 5.41) is 6.67. The van der Waals surface area contributed by atoms with Crippen molar-refractivity contribution in [3.05, 3.63) is 29.8 Å². The Morgan fingerprint density at radius 3 is 2.57 bits per heavy atom. The van der Waals surface area contributed by atoms with Crippen molar-refractivity contribution in [2.24, 2.45) is 4.99 Å². The lowest BCUT2D eigenvalue weighted by Crippen LogP contribution is -2.50. The quantitative estimate of drug-likeness (QED) is 0.619. The fraction of sp³-hybridized carbons (Fsp3) is 0.562. The fourth-order valence-electron chi connectivity index (χ4n) is 1.65. The zero-order valence-corrected chi connectivity index (χ0v) is 14.0. The topological polar surface area (TPSA) is 48.9 Å². The first-order valence-corrected chi connectivity index (χ1v) is 7.14. The molecule has 0 bridgehead atoms. The summed E-state index contributed by atoms with van der Waals surface area (Å²) in [6, 6.07) is 8.01. The molecule has 1 aromatic carbocycles. The van der Waals surface area contributed by atoms with Crippen molar-refractivity contribution >= 4 is 5.96 Å². The highest BCUT2D eigenvalue weighted by atomic mass is 16.5. The van der Waals surface area contributed by atoms with Gasteiger partial charge in [0.15, 0.2) is 5.96 Å². The Hall–Kier alpha value is -1.75. The van der Waals surface area contributed by atoms with Crippen molar-refractivity contribution in [3.63, 3.8) is 0 Å². The van der Waals surface area contributed by atoms with E-state index in [0.29, 0.717) is 6.54 Å². The Morgan fingerprint density at radius 1 is 1.29 bits per heavy atom. The number of nitrogens with one attached hydrogen (secondary N) is 2. The molecule has 0 unspecified atom stereocenters. The van der Waals surface area contributed by atoms with E-state index in [-0.39, 0.29) is 5.54 Å². The Bertz CT molecular complexity index is 469. The van der Waals surface area contributed by atoms with Crippen LogP contribution < -0.4 is 15.4 Å². The number of hydrogen-bond acceptors (Lipinski definition) is 3. The maximum atomic E-state index is 5.23. The van der Waals surface area contributed by atoms with E-state index >= 15 is 0 Å². The summed E-state index contributed by atoms with van der Waals surface area (Å²) in [6.45, 7) is 5.90. The number of nitrogens with zero attached hydrogens (tertiary/aromatic N) is 2. The summed E-state index contributed by atoms with van der Waals surface area (Å²) < 4.78 is 5.23. The molecule has 1 aromatic rings. The third-order valence-corrected chi connectivity index (χ3v) is 3.72. The molecule has 0 aliphatic rings. The molecule has 5 heteroatoms. The number of benzene rings is 1. The number of rotatable bonds is 6. The van der Waals surface area contributed by atoms with Crippen LogP contribution in [0.4, 0.5) is 0 Å². The highest BCUT2D eigenvalue weighted by molar-refractivity contribution is 5.79. The predicted octanol–water partition coefficient (Wildman–Crippen LogP) is 1.70. The van der Waals surface area contributed by atoms with Crippen LogP contribution in [-0.2, 0) is 6.54 Å². The Labute approximate surface area is 128 Å². The maximum absolute atomic E-state index is 5.23. The predicted molar refractivity (Wildman–Crippen MR) is 89.0 cm³/mol. The molecule has 0 aromatic heterocycles. The van der Waals surface area contributed by atoms with E-state index in [1.165, 1.54) is 0 Å². The highest BCUT2D eigenvalue weighted by Gasteiger charge is 2.20. The molecule has 0 saturated carbocycles. The summed E-state index contributed by atoms with van der Waals surface area (Å²) >= 11 is 0. The molecule has 0 saturated heterocycles. The van der Waals surface area contributed by atoms with Gasteiger partial charge in [-0.25, -0.2) is 0 Å². The SMILES string of the molecule is CN=C(NCc1cccc(OC)c1)NCC(C)(C)N(C)C. The van der Waals surface area contributed by atoms with Gasteiger partial charge >= 0.3 is 0 Å². The molecule has 0 fully saturated rings. The number of aliphatic imine (C=N–C) groups is 1. The van der Waals surface area contributed by atoms with E-state index in [9.17, 15) is 0 Å². The molecular formula is C16H28N4O. The van der Waals surface area contributed by atoms with Crippen molar-refractivity contribution in [1.82, 2.24) is 15.5 Å². The third-order valence-electron chi connectivity index (χ3n) is 3.72. The minimum atomic E-state index is 0.0631. The molecule has 0 aliphatic heterocycles. The second-order valence-corrected chi connectivity index (χ2v) is 5.84. The molecule has 0 spiro atoms. The van der Waals surface area contributed by atoms with Gasteiger partial charge in [0.05, 0.1) is 7.11 Å². The maximum Gasteiger partial charge on any atom is 0.191 e. The van der Waals surface area contributed by atoms with Gasteiger partial charge < -0.3 is 20.3 Å². The number of guanidine groups is 1. The Morgan fingerprint density at radius 2 is 2.00 bits per heavy atom. The molecule has 0 heterocycles. The average Bonchev–Trinajstić information content (AvgIpc) is 2.47. The fourth-order valence-corrected chi connectivity index (χ4v) is 1.65. The summed E-state index contributed by atoms with van der Waals surface area (Å²) in [4.78, 5) is 6.44. The van der Waals surface area contributed by atoms with Gasteiger partial charge in [-0.2, -0.15) is 0 Å². The third kappa shape index (κ3) is 5.63. The number of ether oxygens (including phenoxy) is 1. The number of hydrogen-bond donors (Lipinski definition) is 2. The van der Waals surface area contributed by atoms with Gasteiger partial charge in [-0.15, -0.1) is 0 Å². The van der Waals surface area contributed by atoms with Gasteiger partial charge in [0.1, 0.15) is 5.75 Å². The van der Waals surface area contributed by atoms with E-state index in [1.54, 1.807) is 14.2 Å². The van der Waals surface area contributed by atoms with Gasteiger partial charge in [0.25, 0.3) is 0 Å². The van der Waals surface area contributed by atoms with Crippen LogP contribution in [0.5, 0.6) is 5.75 Å². The molecule has 0 amide bonds. The van der Waals surface area contributed by atoms with E-state index in [2.05, 4.69) is 54.5 Å². The van der Waals surface area contributed by atoms with Crippen LogP contribution in [0.15, 0.2) is 29.3 Å². The van der Waals surface area contributed by atoms with E-state index < -0.39 is 0 Å². The zero-order valence-electron chi connectivity index (χ0n) is 14.0. The molecule has 0 aliphatic carbocycles. The molecule has 1 rings (SSSR count). The van der Waals surface area contributed by atoms with Gasteiger partial charge in [0, 0.05) is 25.7 Å². The van der Waals surface area contributed by atoms with Crippen molar-refractivity contribution in [1.29, 1.82) is 0 Å². The van der Waals surface area contributed by atoms with E-state index in [0.717, 1.165) is 23.8 Å². The monoisotopic (exact) mass is 292 g/mol. The van der Waals surface area contributed by atoms with Crippen LogP contribution in [0.25, 0.3) is 0 Å². The first-order valence-electron chi connectivity index (χ1n) is 7.14. The number of methoxy groups -OCH3 is 1. The lowest BCUT2D eigenvalue weighted by molar-refractivity contribution is 0.197. The Balaban J connectivity index is 2.52. The van der Waals surface area contributed by atoms with Crippen molar-refractivity contribution in [2.45, 2.75) is 25.9 Å². The summed E-state index contributed by atoms with van der Waals surface area (Å²) in [5.74, 6) is 1.67. The van der Waals surface area contributed by atoms with Gasteiger partial charge in [-0.3, -0.25) is 4.99 Å². The second kappa shape index (κ2) is 7.88. The second-order valence-electron chi connectivity index (χ2n) is 5.84. The smallest absolute Gasteiger partial charge is 0.191 e. The van der Waals surface area contributed by atoms with Gasteiger partial charge in [-0.1, -0.05) is 12.1 Å². The average molecular weight is 292 g/mol. The summed E-state index contributed by atoms with van der Waals surface area (Å²) in [5.41, 5.74) is 1.22. The van der Waals surface area contributed by atoms with Crippen LogP contribution in [-0.4, -0.2) is 51.2 Å². The van der Waals surface area contributed by atoms with Gasteiger partial charge in [-0.05, 0) is 45.6 Å². The van der Waals surface area contributed by atoms with Crippen molar-refractivity contribution < 1.29 is 4.74 Å². The molecule has 118 valence electrons. The normalized spacial score (nSPS) is 12.4. The van der Waals surface area contributed by atoms with E-state index in [4.69, 9.17) is 4.74 Å². The minimum Gasteiger partial charge on any atom is -0.497 e. The van der Waals surface area contributed by atoms with Crippen LogP contribution in [0, 0.1) is 0 Å². The zero-order chi connectivity index (χ0) is 15.9. The minimum absolute atomic E-state index is 0.0631. The summed E-state index contributed by atoms with van der Waals surface area (Å²) in [7, 11) is 7.61. The lowest BCUT2D eigenvalue weighted by Gasteiger charge is -2.33. The molecule has 2 N–H and O–H groups in total. The lowest BCUT2D eigenvalue weighted by atomic mass is 10.0. The first kappa shape index (κ1) is 17.3. The molecule has 0 atom stereocenters. The number of likely N-dealkylation sites (N-methyl/N-ethyl adjacent to an activating group) is 1. The molecule has 0 radical (unpaired) electrons. The molecular weight excluding hydrogens is 264 g/mol. The highest BCUT2D eigenvalue weighted by Crippen LogP contribution is 2.12. The van der Waals surface area contributed by atoms with Crippen LogP contribution in [0.2, 0.25) is 0 Å². The van der Waals surface area contributed by atoms with Gasteiger partial charge in [0.2, 0.25) is 0 Å². The first-order chi connectivity index (χ1) is 9.89. The molecule has 21 heavy (non-hydrogen) atoms. The Kier molecular flexibility index (Phi) is 6.49. The van der Waals surface area contributed by atoms with Crippen molar-refractivity contribution in [2.75, 3.05) is 34.8 Å². The van der Waals surface area contributed by atoms with Crippen LogP contribution in [0.3, 0.4) is 0 Å². The van der Waals surface area contributed by atoms with Crippen LogP contribution >= 0.6 is 0 Å². The van der Waals surface area contributed by atoms with E-state index in [1.807, 2.05) is 18.2 Å².